The van der Waals surface area contributed by atoms with Gasteiger partial charge in [-0.05, 0) is 36.4 Å². The molecular weight excluding hydrogens is 354 g/mol. The van der Waals surface area contributed by atoms with E-state index in [1.165, 1.54) is 0 Å². The van der Waals surface area contributed by atoms with Gasteiger partial charge in [0.1, 0.15) is 11.5 Å². The number of hydrogen-bond acceptors (Lipinski definition) is 6. The van der Waals surface area contributed by atoms with Gasteiger partial charge in [0.2, 0.25) is 0 Å². The van der Waals surface area contributed by atoms with Crippen molar-refractivity contribution >= 4 is 39.7 Å². The number of aromatic nitrogens is 2. The normalized spacial score (nSPS) is 14.7. The van der Waals surface area contributed by atoms with Gasteiger partial charge in [-0.2, -0.15) is 0 Å². The number of halogens is 1. The average Bonchev–Trinajstić information content (AvgIpc) is 2.67. The fourth-order valence-corrected chi connectivity index (χ4v) is 3.58. The van der Waals surface area contributed by atoms with Gasteiger partial charge in [0.25, 0.3) is 0 Å². The molecule has 0 N–H and O–H groups in total. The van der Waals surface area contributed by atoms with Crippen LogP contribution in [-0.4, -0.2) is 41.1 Å². The molecule has 0 spiro atoms. The monoisotopic (exact) mass is 369 g/mol. The van der Waals surface area contributed by atoms with Crippen molar-refractivity contribution in [1.29, 1.82) is 0 Å². The van der Waals surface area contributed by atoms with Gasteiger partial charge in [-0.1, -0.05) is 11.6 Å². The number of nitrogens with zero attached hydrogens (tertiary/aromatic N) is 5. The van der Waals surface area contributed by atoms with Crippen LogP contribution in [0.1, 0.15) is 0 Å². The van der Waals surface area contributed by atoms with Crippen LogP contribution in [0.15, 0.2) is 48.8 Å². The Morgan fingerprint density at radius 2 is 1.65 bits per heavy atom. The summed E-state index contributed by atoms with van der Waals surface area (Å²) in [6.45, 7) is 2.69. The van der Waals surface area contributed by atoms with Crippen LogP contribution < -0.4 is 9.80 Å². The second kappa shape index (κ2) is 6.76. The molecular formula is C18H16ClN5O2. The second-order valence-corrected chi connectivity index (χ2v) is 6.45. The Kier molecular flexibility index (Phi) is 4.30. The molecule has 1 aliphatic rings. The van der Waals surface area contributed by atoms with E-state index in [0.29, 0.717) is 47.8 Å². The molecule has 0 aliphatic carbocycles. The van der Waals surface area contributed by atoms with Crippen molar-refractivity contribution in [2.75, 3.05) is 36.0 Å². The van der Waals surface area contributed by atoms with E-state index < -0.39 is 0 Å². The number of anilines is 2. The molecule has 2 aromatic heterocycles. The molecule has 26 heavy (non-hydrogen) atoms. The van der Waals surface area contributed by atoms with Gasteiger partial charge >= 0.3 is 5.69 Å². The molecule has 1 saturated heterocycles. The Morgan fingerprint density at radius 1 is 0.962 bits per heavy atom. The van der Waals surface area contributed by atoms with Crippen LogP contribution >= 0.6 is 11.6 Å². The molecule has 3 aromatic rings. The summed E-state index contributed by atoms with van der Waals surface area (Å²) in [5.74, 6) is 0.756. The predicted molar refractivity (Wildman–Crippen MR) is 102 cm³/mol. The first-order valence-electron chi connectivity index (χ1n) is 8.27. The zero-order chi connectivity index (χ0) is 18.1. The topological polar surface area (TPSA) is 75.4 Å². The Balaban J connectivity index is 1.63. The molecule has 0 unspecified atom stereocenters. The molecule has 1 aromatic carbocycles. The van der Waals surface area contributed by atoms with Gasteiger partial charge in [-0.3, -0.25) is 15.1 Å². The van der Waals surface area contributed by atoms with Crippen molar-refractivity contribution in [2.24, 2.45) is 0 Å². The quantitative estimate of drug-likeness (QED) is 0.519. The third-order valence-electron chi connectivity index (χ3n) is 4.58. The number of pyridine rings is 2. The predicted octanol–water partition coefficient (Wildman–Crippen LogP) is 3.52. The van der Waals surface area contributed by atoms with Crippen LogP contribution in [0.2, 0.25) is 5.02 Å². The van der Waals surface area contributed by atoms with E-state index in [1.807, 2.05) is 17.0 Å². The standard InChI is InChI=1S/C18H16ClN5O2/c19-14-4-2-8-21-18(14)23-11-9-22(10-12-23)16-6-5-15-13(3-1-7-20-15)17(16)24(25)26/h1-8H,9-12H2. The fourth-order valence-electron chi connectivity index (χ4n) is 3.34. The summed E-state index contributed by atoms with van der Waals surface area (Å²) < 4.78 is 0. The van der Waals surface area contributed by atoms with Crippen molar-refractivity contribution in [3.63, 3.8) is 0 Å². The van der Waals surface area contributed by atoms with E-state index in [4.69, 9.17) is 11.6 Å². The molecule has 3 heterocycles. The van der Waals surface area contributed by atoms with Gasteiger partial charge in [-0.25, -0.2) is 4.98 Å². The van der Waals surface area contributed by atoms with Gasteiger partial charge in [0, 0.05) is 38.6 Å². The SMILES string of the molecule is O=[N+]([O-])c1c(N2CCN(c3ncccc3Cl)CC2)ccc2ncccc12. The van der Waals surface area contributed by atoms with Gasteiger partial charge < -0.3 is 9.80 Å². The molecule has 0 bridgehead atoms. The lowest BCUT2D eigenvalue weighted by Crippen LogP contribution is -2.47. The van der Waals surface area contributed by atoms with E-state index in [-0.39, 0.29) is 10.6 Å². The van der Waals surface area contributed by atoms with Crippen LogP contribution in [0.3, 0.4) is 0 Å². The number of hydrogen-bond donors (Lipinski definition) is 0. The highest BCUT2D eigenvalue weighted by molar-refractivity contribution is 6.32. The maximum Gasteiger partial charge on any atom is 0.301 e. The summed E-state index contributed by atoms with van der Waals surface area (Å²) >= 11 is 6.23. The Bertz CT molecular complexity index is 973. The lowest BCUT2D eigenvalue weighted by Gasteiger charge is -2.36. The summed E-state index contributed by atoms with van der Waals surface area (Å²) in [4.78, 5) is 24.1. The number of piperazine rings is 1. The smallest absolute Gasteiger partial charge is 0.301 e. The highest BCUT2D eigenvalue weighted by Gasteiger charge is 2.27. The maximum absolute atomic E-state index is 11.7. The first-order chi connectivity index (χ1) is 12.6. The highest BCUT2D eigenvalue weighted by Crippen LogP contribution is 2.36. The van der Waals surface area contributed by atoms with Crippen molar-refractivity contribution in [3.8, 4) is 0 Å². The highest BCUT2D eigenvalue weighted by atomic mass is 35.5. The summed E-state index contributed by atoms with van der Waals surface area (Å²) in [5.41, 5.74) is 1.36. The van der Waals surface area contributed by atoms with Crippen LogP contribution in [-0.2, 0) is 0 Å². The zero-order valence-electron chi connectivity index (χ0n) is 13.9. The van der Waals surface area contributed by atoms with Crippen molar-refractivity contribution in [3.05, 3.63) is 63.9 Å². The molecule has 132 valence electrons. The molecule has 0 atom stereocenters. The molecule has 4 rings (SSSR count). The molecule has 0 saturated carbocycles. The van der Waals surface area contributed by atoms with Crippen LogP contribution in [0.4, 0.5) is 17.2 Å². The van der Waals surface area contributed by atoms with E-state index >= 15 is 0 Å². The number of fused-ring (bicyclic) bond motifs is 1. The minimum Gasteiger partial charge on any atom is -0.362 e. The zero-order valence-corrected chi connectivity index (χ0v) is 14.6. The van der Waals surface area contributed by atoms with Crippen LogP contribution in [0.5, 0.6) is 0 Å². The third kappa shape index (κ3) is 2.90. The van der Waals surface area contributed by atoms with Gasteiger partial charge in [0.05, 0.1) is 20.8 Å². The number of nitro groups is 1. The van der Waals surface area contributed by atoms with Crippen LogP contribution in [0.25, 0.3) is 10.9 Å². The number of rotatable bonds is 3. The van der Waals surface area contributed by atoms with Crippen LogP contribution in [0, 0.1) is 10.1 Å². The molecule has 7 nitrogen and oxygen atoms in total. The summed E-state index contributed by atoms with van der Waals surface area (Å²) in [6.07, 6.45) is 3.36. The lowest BCUT2D eigenvalue weighted by atomic mass is 10.1. The molecule has 0 amide bonds. The first-order valence-corrected chi connectivity index (χ1v) is 8.65. The van der Waals surface area contributed by atoms with Crippen molar-refractivity contribution in [1.82, 2.24) is 9.97 Å². The van der Waals surface area contributed by atoms with E-state index in [0.717, 1.165) is 5.82 Å². The third-order valence-corrected chi connectivity index (χ3v) is 4.87. The summed E-state index contributed by atoms with van der Waals surface area (Å²) in [5, 5.41) is 12.9. The minimum absolute atomic E-state index is 0.111. The Hall–Kier alpha value is -2.93. The first kappa shape index (κ1) is 16.5. The Morgan fingerprint density at radius 3 is 2.38 bits per heavy atom. The molecule has 8 heteroatoms. The summed E-state index contributed by atoms with van der Waals surface area (Å²) in [7, 11) is 0. The maximum atomic E-state index is 11.7. The van der Waals surface area contributed by atoms with Gasteiger partial charge in [-0.15, -0.1) is 0 Å². The van der Waals surface area contributed by atoms with Crippen molar-refractivity contribution < 1.29 is 4.92 Å². The molecule has 1 fully saturated rings. The second-order valence-electron chi connectivity index (χ2n) is 6.04. The van der Waals surface area contributed by atoms with Crippen molar-refractivity contribution in [2.45, 2.75) is 0 Å². The molecule has 1 aliphatic heterocycles. The van der Waals surface area contributed by atoms with E-state index in [2.05, 4.69) is 14.9 Å². The minimum atomic E-state index is -0.318. The average molecular weight is 370 g/mol. The lowest BCUT2D eigenvalue weighted by molar-refractivity contribution is -0.382. The molecule has 0 radical (unpaired) electrons. The summed E-state index contributed by atoms with van der Waals surface area (Å²) in [6, 6.07) is 10.7. The van der Waals surface area contributed by atoms with Gasteiger partial charge in [0.15, 0.2) is 0 Å². The number of nitro benzene ring substituents is 1. The Labute approximate surface area is 155 Å². The largest absolute Gasteiger partial charge is 0.362 e. The number of benzene rings is 1. The fraction of sp³-hybridized carbons (Fsp3) is 0.222. The van der Waals surface area contributed by atoms with E-state index in [1.54, 1.807) is 36.7 Å². The van der Waals surface area contributed by atoms with E-state index in [9.17, 15) is 10.1 Å².